The van der Waals surface area contributed by atoms with Crippen LogP contribution in [0, 0.1) is 13.8 Å². The van der Waals surface area contributed by atoms with Crippen molar-refractivity contribution in [2.24, 2.45) is 5.73 Å². The predicted molar refractivity (Wildman–Crippen MR) is 184 cm³/mol. The zero-order valence-electron chi connectivity index (χ0n) is 27.7. The molecule has 1 unspecified atom stereocenters. The number of aliphatic carboxylic acids is 1. The first-order valence-corrected chi connectivity index (χ1v) is 17.4. The monoisotopic (exact) mass is 687 g/mol. The van der Waals surface area contributed by atoms with Gasteiger partial charge in [-0.05, 0) is 75.9 Å². The molecule has 3 rings (SSSR count). The molecular formula is C33H45N5O7S2. The molecule has 0 spiro atoms. The summed E-state index contributed by atoms with van der Waals surface area (Å²) in [6.45, 7) is 11.7. The summed E-state index contributed by atoms with van der Waals surface area (Å²) in [5, 5.41) is 30.7. The van der Waals surface area contributed by atoms with Crippen molar-refractivity contribution in [1.82, 2.24) is 21.3 Å². The van der Waals surface area contributed by atoms with Gasteiger partial charge >= 0.3 is 5.97 Å². The SMILES string of the molecule is Cc1cc(O)cc(C)c1[C@H](C)[C@@H](N)C(=O)NC1C(=O)NCC(=O)N[C@@H](Cc2ccccc2)C(=O)N[C@@H](C(=O)O)C(C)(C)SSC1(C)C. The van der Waals surface area contributed by atoms with Gasteiger partial charge in [-0.3, -0.25) is 19.2 Å². The van der Waals surface area contributed by atoms with Crippen molar-refractivity contribution < 1.29 is 34.2 Å². The van der Waals surface area contributed by atoms with E-state index in [2.05, 4.69) is 21.3 Å². The van der Waals surface area contributed by atoms with E-state index in [0.29, 0.717) is 0 Å². The molecule has 47 heavy (non-hydrogen) atoms. The number of phenols is 1. The molecule has 1 aliphatic rings. The van der Waals surface area contributed by atoms with E-state index in [4.69, 9.17) is 5.73 Å². The third-order valence-electron chi connectivity index (χ3n) is 8.18. The van der Waals surface area contributed by atoms with Crippen LogP contribution in [0.25, 0.3) is 0 Å². The van der Waals surface area contributed by atoms with Crippen molar-refractivity contribution >= 4 is 51.2 Å². The maximum absolute atomic E-state index is 13.7. The van der Waals surface area contributed by atoms with Gasteiger partial charge in [0.2, 0.25) is 23.6 Å². The number of aromatic hydroxyl groups is 1. The highest BCUT2D eigenvalue weighted by molar-refractivity contribution is 8.77. The van der Waals surface area contributed by atoms with E-state index >= 15 is 0 Å². The number of carbonyl (C=O) groups excluding carboxylic acids is 4. The molecule has 0 bridgehead atoms. The number of amides is 4. The van der Waals surface area contributed by atoms with Crippen LogP contribution >= 0.6 is 21.6 Å². The fourth-order valence-electron chi connectivity index (χ4n) is 5.53. The molecule has 5 atom stereocenters. The molecule has 1 fully saturated rings. The van der Waals surface area contributed by atoms with Gasteiger partial charge in [-0.15, -0.1) is 0 Å². The van der Waals surface area contributed by atoms with Gasteiger partial charge in [0, 0.05) is 17.1 Å². The number of nitrogens with one attached hydrogen (secondary N) is 4. The first-order valence-electron chi connectivity index (χ1n) is 15.2. The maximum atomic E-state index is 13.7. The molecule has 0 radical (unpaired) electrons. The second-order valence-electron chi connectivity index (χ2n) is 12.9. The molecule has 14 heteroatoms. The van der Waals surface area contributed by atoms with Crippen LogP contribution in [0.2, 0.25) is 0 Å². The van der Waals surface area contributed by atoms with Crippen molar-refractivity contribution in [3.8, 4) is 5.75 Å². The second-order valence-corrected chi connectivity index (χ2v) is 16.4. The lowest BCUT2D eigenvalue weighted by molar-refractivity contribution is -0.143. The maximum Gasteiger partial charge on any atom is 0.327 e. The Morgan fingerprint density at radius 1 is 0.979 bits per heavy atom. The quantitative estimate of drug-likeness (QED) is 0.212. The van der Waals surface area contributed by atoms with Crippen molar-refractivity contribution in [3.05, 3.63) is 64.7 Å². The molecule has 0 saturated carbocycles. The fraction of sp³-hybridized carbons (Fsp3) is 0.485. The lowest BCUT2D eigenvalue weighted by Gasteiger charge is -2.38. The van der Waals surface area contributed by atoms with E-state index in [1.807, 2.05) is 19.9 Å². The first-order chi connectivity index (χ1) is 21.8. The average Bonchev–Trinajstić information content (AvgIpc) is 2.98. The van der Waals surface area contributed by atoms with Gasteiger partial charge < -0.3 is 37.2 Å². The Kier molecular flexibility index (Phi) is 12.4. The van der Waals surface area contributed by atoms with Crippen LogP contribution in [0.5, 0.6) is 5.75 Å². The highest BCUT2D eigenvalue weighted by atomic mass is 33.1. The van der Waals surface area contributed by atoms with Crippen LogP contribution in [0.3, 0.4) is 0 Å². The topological polar surface area (TPSA) is 200 Å². The van der Waals surface area contributed by atoms with Crippen LogP contribution in [-0.4, -0.2) is 80.0 Å². The van der Waals surface area contributed by atoms with Gasteiger partial charge in [0.15, 0.2) is 0 Å². The molecule has 4 amide bonds. The molecule has 2 aromatic rings. The summed E-state index contributed by atoms with van der Waals surface area (Å²) in [6, 6.07) is 7.36. The van der Waals surface area contributed by atoms with Crippen LogP contribution < -0.4 is 27.0 Å². The zero-order chi connectivity index (χ0) is 35.3. The van der Waals surface area contributed by atoms with Gasteiger partial charge in [-0.2, -0.15) is 0 Å². The number of hydrogen-bond donors (Lipinski definition) is 7. The molecule has 1 aliphatic heterocycles. The second kappa shape index (κ2) is 15.4. The predicted octanol–water partition coefficient (Wildman–Crippen LogP) is 2.29. The number of carboxylic acid groups (broad SMARTS) is 1. The molecule has 2 aromatic carbocycles. The van der Waals surface area contributed by atoms with Gasteiger partial charge in [0.05, 0.1) is 17.3 Å². The third-order valence-corrected chi connectivity index (χ3v) is 12.4. The molecule has 256 valence electrons. The number of hydrogen-bond acceptors (Lipinski definition) is 9. The number of rotatable bonds is 7. The van der Waals surface area contributed by atoms with Crippen LogP contribution in [0.1, 0.15) is 62.8 Å². The van der Waals surface area contributed by atoms with E-state index in [1.54, 1.807) is 71.0 Å². The summed E-state index contributed by atoms with van der Waals surface area (Å²) in [5.74, 6) is -4.26. The van der Waals surface area contributed by atoms with E-state index in [1.165, 1.54) is 10.8 Å². The molecule has 1 heterocycles. The summed E-state index contributed by atoms with van der Waals surface area (Å²) in [4.78, 5) is 66.3. The zero-order valence-corrected chi connectivity index (χ0v) is 29.3. The first kappa shape index (κ1) is 37.7. The summed E-state index contributed by atoms with van der Waals surface area (Å²) in [6.07, 6.45) is 0.0861. The van der Waals surface area contributed by atoms with Crippen molar-refractivity contribution in [2.75, 3.05) is 6.54 Å². The highest BCUT2D eigenvalue weighted by Gasteiger charge is 2.44. The summed E-state index contributed by atoms with van der Waals surface area (Å²) in [7, 11) is 2.33. The van der Waals surface area contributed by atoms with E-state index in [9.17, 15) is 34.2 Å². The largest absolute Gasteiger partial charge is 0.508 e. The minimum atomic E-state index is -1.37. The number of carbonyl (C=O) groups is 5. The van der Waals surface area contributed by atoms with Gasteiger partial charge in [0.25, 0.3) is 0 Å². The Balaban J connectivity index is 1.93. The molecule has 12 nitrogen and oxygen atoms in total. The minimum Gasteiger partial charge on any atom is -0.508 e. The lowest BCUT2D eigenvalue weighted by atomic mass is 9.86. The third kappa shape index (κ3) is 9.64. The van der Waals surface area contributed by atoms with Crippen molar-refractivity contribution in [2.45, 2.75) is 94.5 Å². The summed E-state index contributed by atoms with van der Waals surface area (Å²) >= 11 is 0. The Morgan fingerprint density at radius 3 is 2.13 bits per heavy atom. The van der Waals surface area contributed by atoms with E-state index < -0.39 is 75.7 Å². The van der Waals surface area contributed by atoms with Crippen LogP contribution in [0.15, 0.2) is 42.5 Å². The van der Waals surface area contributed by atoms with Gasteiger partial charge in [-0.25, -0.2) is 4.79 Å². The highest BCUT2D eigenvalue weighted by Crippen LogP contribution is 2.46. The van der Waals surface area contributed by atoms with E-state index in [0.717, 1.165) is 33.0 Å². The molecule has 1 saturated heterocycles. The smallest absolute Gasteiger partial charge is 0.327 e. The molecule has 0 aliphatic carbocycles. The number of aryl methyl sites for hydroxylation is 2. The number of nitrogens with two attached hydrogens (primary N) is 1. The Bertz CT molecular complexity index is 1480. The summed E-state index contributed by atoms with van der Waals surface area (Å²) in [5.41, 5.74) is 9.52. The molecule has 0 aromatic heterocycles. The van der Waals surface area contributed by atoms with Crippen molar-refractivity contribution in [1.29, 1.82) is 0 Å². The number of benzene rings is 2. The number of phenolic OH excluding ortho intramolecular Hbond substituents is 1. The molecule has 8 N–H and O–H groups in total. The Hall–Kier alpha value is -3.75. The minimum absolute atomic E-state index is 0.0861. The fourth-order valence-corrected chi connectivity index (χ4v) is 8.34. The standard InChI is InChI=1S/C33H45N5O7S2/c1-17-13-21(39)14-18(2)24(17)19(3)25(34)29(42)37-26-30(43)35-16-23(40)36-22(15-20-11-9-8-10-12-20)28(41)38-27(31(44)45)33(6,7)47-46-32(26,4)5/h8-14,19,22,25-27,39H,15-16,34H2,1-7H3,(H,35,43)(H,36,40)(H,37,42)(H,38,41)(H,44,45)/t19-,22-,25+,26?,27-/m0/s1. The average molecular weight is 688 g/mol. The lowest BCUT2D eigenvalue weighted by Crippen LogP contribution is -2.62. The Labute approximate surface area is 283 Å². The van der Waals surface area contributed by atoms with Gasteiger partial charge in [-0.1, -0.05) is 58.8 Å². The molecular weight excluding hydrogens is 643 g/mol. The van der Waals surface area contributed by atoms with Gasteiger partial charge in [0.1, 0.15) is 23.9 Å². The van der Waals surface area contributed by atoms with E-state index in [-0.39, 0.29) is 12.2 Å². The Morgan fingerprint density at radius 2 is 1.55 bits per heavy atom. The normalized spacial score (nSPS) is 23.2. The van der Waals surface area contributed by atoms with Crippen LogP contribution in [-0.2, 0) is 30.4 Å². The van der Waals surface area contributed by atoms with Crippen molar-refractivity contribution in [3.63, 3.8) is 0 Å². The summed E-state index contributed by atoms with van der Waals surface area (Å²) < 4.78 is -2.17. The van der Waals surface area contributed by atoms with Crippen LogP contribution in [0.4, 0.5) is 0 Å². The number of carboxylic acids is 1.